The molecule has 1 heterocycles. The minimum Gasteiger partial charge on any atom is -0.481 e. The highest BCUT2D eigenvalue weighted by atomic mass is 16.4. The van der Waals surface area contributed by atoms with Crippen LogP contribution >= 0.6 is 0 Å². The molecule has 1 unspecified atom stereocenters. The number of nitrogens with zero attached hydrogens (tertiary/aromatic N) is 1. The molecular weight excluding hydrogens is 236 g/mol. The van der Waals surface area contributed by atoms with Gasteiger partial charge in [-0.25, -0.2) is 0 Å². The van der Waals surface area contributed by atoms with Crippen LogP contribution in [-0.2, 0) is 9.59 Å². The molecule has 7 nitrogen and oxygen atoms in total. The number of hydrogen-bond acceptors (Lipinski definition) is 5. The average Bonchev–Trinajstić information content (AvgIpc) is 2.70. The maximum Gasteiger partial charge on any atom is 0.308 e. The van der Waals surface area contributed by atoms with Gasteiger partial charge in [0.05, 0.1) is 5.92 Å². The van der Waals surface area contributed by atoms with Crippen molar-refractivity contribution in [2.24, 2.45) is 11.7 Å². The van der Waals surface area contributed by atoms with Gasteiger partial charge in [0.2, 0.25) is 5.91 Å². The van der Waals surface area contributed by atoms with Gasteiger partial charge in [-0.2, -0.15) is 0 Å². The first-order valence-electron chi connectivity index (χ1n) is 6.27. The van der Waals surface area contributed by atoms with E-state index in [1.54, 1.807) is 4.90 Å². The number of aliphatic carboxylic acids is 1. The van der Waals surface area contributed by atoms with E-state index in [1.165, 1.54) is 0 Å². The Bertz CT molecular complexity index is 285. The summed E-state index contributed by atoms with van der Waals surface area (Å²) in [5.74, 6) is -1.49. The lowest BCUT2D eigenvalue weighted by molar-refractivity contribution is -0.141. The maximum absolute atomic E-state index is 11.5. The monoisotopic (exact) mass is 258 g/mol. The molecule has 0 aromatic heterocycles. The van der Waals surface area contributed by atoms with Crippen LogP contribution in [0.3, 0.4) is 0 Å². The number of carbonyl (C=O) groups excluding carboxylic acids is 1. The minimum atomic E-state index is -0.884. The maximum atomic E-state index is 11.5. The van der Waals surface area contributed by atoms with Gasteiger partial charge in [-0.1, -0.05) is 0 Å². The number of amides is 1. The molecule has 1 rings (SSSR count). The Morgan fingerprint density at radius 2 is 2.00 bits per heavy atom. The smallest absolute Gasteiger partial charge is 0.308 e. The molecule has 1 aliphatic heterocycles. The fourth-order valence-corrected chi connectivity index (χ4v) is 1.90. The minimum absolute atomic E-state index is 0.0644. The van der Waals surface area contributed by atoms with E-state index >= 15 is 0 Å². The van der Waals surface area contributed by atoms with Crippen LogP contribution in [0, 0.1) is 5.92 Å². The third-order valence-electron chi connectivity index (χ3n) is 2.92. The molecule has 7 heteroatoms. The summed E-state index contributed by atoms with van der Waals surface area (Å²) in [6.07, 6.45) is 0.132. The van der Waals surface area contributed by atoms with Crippen LogP contribution in [0.2, 0.25) is 0 Å². The van der Waals surface area contributed by atoms with Crippen molar-refractivity contribution in [1.29, 1.82) is 0 Å². The summed E-state index contributed by atoms with van der Waals surface area (Å²) in [5, 5.41) is 15.2. The van der Waals surface area contributed by atoms with E-state index in [0.29, 0.717) is 26.2 Å². The Kier molecular flexibility index (Phi) is 6.63. The second-order valence-electron chi connectivity index (χ2n) is 4.37. The van der Waals surface area contributed by atoms with Crippen molar-refractivity contribution >= 4 is 11.9 Å². The lowest BCUT2D eigenvalue weighted by atomic mass is 10.1. The van der Waals surface area contributed by atoms with Crippen LogP contribution in [0.5, 0.6) is 0 Å². The normalized spacial score (nSPS) is 19.5. The first kappa shape index (κ1) is 14.9. The molecule has 0 radical (unpaired) electrons. The zero-order valence-corrected chi connectivity index (χ0v) is 10.5. The number of likely N-dealkylation sites (tertiary alicyclic amines) is 1. The number of nitrogens with one attached hydrogen (secondary N) is 2. The lowest BCUT2D eigenvalue weighted by Gasteiger charge is -2.16. The molecule has 0 spiro atoms. The van der Waals surface area contributed by atoms with E-state index in [-0.39, 0.29) is 12.3 Å². The third-order valence-corrected chi connectivity index (χ3v) is 2.92. The van der Waals surface area contributed by atoms with E-state index in [9.17, 15) is 9.59 Å². The summed E-state index contributed by atoms with van der Waals surface area (Å²) in [4.78, 5) is 23.9. The number of rotatable bonds is 9. The lowest BCUT2D eigenvalue weighted by Crippen LogP contribution is -2.36. The molecule has 0 aliphatic carbocycles. The molecule has 104 valence electrons. The Morgan fingerprint density at radius 3 is 2.56 bits per heavy atom. The van der Waals surface area contributed by atoms with Crippen LogP contribution in [0.1, 0.15) is 6.42 Å². The second kappa shape index (κ2) is 8.02. The Morgan fingerprint density at radius 1 is 1.33 bits per heavy atom. The van der Waals surface area contributed by atoms with Crippen molar-refractivity contribution in [3.63, 3.8) is 0 Å². The van der Waals surface area contributed by atoms with E-state index < -0.39 is 11.9 Å². The van der Waals surface area contributed by atoms with Crippen molar-refractivity contribution in [2.45, 2.75) is 6.42 Å². The fourth-order valence-electron chi connectivity index (χ4n) is 1.90. The van der Waals surface area contributed by atoms with Gasteiger partial charge in [0.15, 0.2) is 0 Å². The largest absolute Gasteiger partial charge is 0.481 e. The summed E-state index contributed by atoms with van der Waals surface area (Å²) in [5.41, 5.74) is 5.33. The highest BCUT2D eigenvalue weighted by Gasteiger charge is 2.33. The van der Waals surface area contributed by atoms with Crippen molar-refractivity contribution in [3.05, 3.63) is 0 Å². The number of carboxylic acids is 1. The SMILES string of the molecule is NCCNCCNCCN1CC(C(=O)O)CC1=O. The third kappa shape index (κ3) is 4.99. The van der Waals surface area contributed by atoms with E-state index in [2.05, 4.69) is 10.6 Å². The van der Waals surface area contributed by atoms with Crippen LogP contribution < -0.4 is 16.4 Å². The number of carboxylic acid groups (broad SMARTS) is 1. The molecule has 0 bridgehead atoms. The molecule has 1 fully saturated rings. The van der Waals surface area contributed by atoms with E-state index in [0.717, 1.165) is 19.6 Å². The quantitative estimate of drug-likeness (QED) is 0.358. The van der Waals surface area contributed by atoms with Crippen LogP contribution in [0.25, 0.3) is 0 Å². The first-order valence-corrected chi connectivity index (χ1v) is 6.27. The highest BCUT2D eigenvalue weighted by Crippen LogP contribution is 2.16. The van der Waals surface area contributed by atoms with Crippen molar-refractivity contribution in [2.75, 3.05) is 45.8 Å². The van der Waals surface area contributed by atoms with Crippen molar-refractivity contribution in [3.8, 4) is 0 Å². The number of hydrogen-bond donors (Lipinski definition) is 4. The zero-order chi connectivity index (χ0) is 13.4. The van der Waals surface area contributed by atoms with Gasteiger partial charge in [-0.3, -0.25) is 9.59 Å². The molecule has 0 saturated carbocycles. The zero-order valence-electron chi connectivity index (χ0n) is 10.5. The Balaban J connectivity index is 2.06. The molecule has 5 N–H and O–H groups in total. The van der Waals surface area contributed by atoms with Crippen LogP contribution in [0.15, 0.2) is 0 Å². The molecule has 0 aromatic rings. The second-order valence-corrected chi connectivity index (χ2v) is 4.37. The number of carbonyl (C=O) groups is 2. The molecule has 18 heavy (non-hydrogen) atoms. The molecule has 1 saturated heterocycles. The first-order chi connectivity index (χ1) is 8.65. The molecular formula is C11H22N4O3. The van der Waals surface area contributed by atoms with Crippen LogP contribution in [-0.4, -0.2) is 67.7 Å². The van der Waals surface area contributed by atoms with Crippen LogP contribution in [0.4, 0.5) is 0 Å². The highest BCUT2D eigenvalue weighted by molar-refractivity contribution is 5.86. The summed E-state index contributed by atoms with van der Waals surface area (Å²) < 4.78 is 0. The summed E-state index contributed by atoms with van der Waals surface area (Å²) in [6.45, 7) is 4.65. The molecule has 1 amide bonds. The summed E-state index contributed by atoms with van der Waals surface area (Å²) in [7, 11) is 0. The molecule has 0 aromatic carbocycles. The number of nitrogens with two attached hydrogens (primary N) is 1. The Hall–Kier alpha value is -1.18. The fraction of sp³-hybridized carbons (Fsp3) is 0.818. The Labute approximate surface area is 107 Å². The molecule has 1 atom stereocenters. The van der Waals surface area contributed by atoms with E-state index in [1.807, 2.05) is 0 Å². The molecule has 1 aliphatic rings. The van der Waals surface area contributed by atoms with Gasteiger partial charge < -0.3 is 26.4 Å². The topological polar surface area (TPSA) is 108 Å². The van der Waals surface area contributed by atoms with Gasteiger partial charge in [-0.15, -0.1) is 0 Å². The average molecular weight is 258 g/mol. The van der Waals surface area contributed by atoms with Gasteiger partial charge >= 0.3 is 5.97 Å². The van der Waals surface area contributed by atoms with Crippen molar-refractivity contribution in [1.82, 2.24) is 15.5 Å². The van der Waals surface area contributed by atoms with E-state index in [4.69, 9.17) is 10.8 Å². The van der Waals surface area contributed by atoms with Crippen molar-refractivity contribution < 1.29 is 14.7 Å². The standard InChI is InChI=1S/C11H22N4O3/c12-1-2-13-3-4-14-5-6-15-8-9(11(17)18)7-10(15)16/h9,13-14H,1-8,12H2,(H,17,18). The predicted molar refractivity (Wildman–Crippen MR) is 67.1 cm³/mol. The van der Waals surface area contributed by atoms with Gasteiger partial charge in [-0.05, 0) is 0 Å². The summed E-state index contributed by atoms with van der Waals surface area (Å²) in [6, 6.07) is 0. The summed E-state index contributed by atoms with van der Waals surface area (Å²) >= 11 is 0. The van der Waals surface area contributed by atoms with Gasteiger partial charge in [0, 0.05) is 52.2 Å². The van der Waals surface area contributed by atoms with Gasteiger partial charge in [0.25, 0.3) is 0 Å². The van der Waals surface area contributed by atoms with Gasteiger partial charge in [0.1, 0.15) is 0 Å². The predicted octanol–water partition coefficient (Wildman–Crippen LogP) is -1.94.